The van der Waals surface area contributed by atoms with Crippen LogP contribution in [0.15, 0.2) is 48.6 Å². The molecule has 342 valence electrons. The predicted octanol–water partition coefficient (Wildman–Crippen LogP) is 12.0. The summed E-state index contributed by atoms with van der Waals surface area (Å²) in [5.74, 6) is -0.809. The Morgan fingerprint density at radius 2 is 1.07 bits per heavy atom. The lowest BCUT2D eigenvalue weighted by Gasteiger charge is -2.28. The molecule has 0 rings (SSSR count). The van der Waals surface area contributed by atoms with Crippen molar-refractivity contribution in [3.63, 3.8) is 0 Å². The predicted molar refractivity (Wildman–Crippen MR) is 241 cm³/mol. The van der Waals surface area contributed by atoms with E-state index < -0.39 is 32.5 Å². The molecule has 0 aromatic heterocycles. The maximum Gasteiger partial charge on any atom is 0.306 e. The molecule has 0 saturated heterocycles. The number of unbranched alkanes of at least 4 members (excludes halogenated alkanes) is 19. The molecule has 0 aromatic carbocycles. The van der Waals surface area contributed by atoms with E-state index in [9.17, 15) is 23.8 Å². The molecule has 0 saturated carbocycles. The van der Waals surface area contributed by atoms with Gasteiger partial charge in [0.05, 0.1) is 27.7 Å². The maximum atomic E-state index is 12.7. The van der Waals surface area contributed by atoms with Crippen LogP contribution in [0.1, 0.15) is 187 Å². The van der Waals surface area contributed by atoms with Crippen LogP contribution < -0.4 is 4.89 Å². The van der Waals surface area contributed by atoms with Crippen LogP contribution >= 0.6 is 7.82 Å². The van der Waals surface area contributed by atoms with Crippen molar-refractivity contribution < 1.29 is 46.8 Å². The summed E-state index contributed by atoms with van der Waals surface area (Å²) in [5.41, 5.74) is 0. The zero-order valence-corrected chi connectivity index (χ0v) is 39.1. The van der Waals surface area contributed by atoms with Crippen LogP contribution in [0.3, 0.4) is 0 Å². The van der Waals surface area contributed by atoms with E-state index in [2.05, 4.69) is 44.2 Å². The molecule has 0 amide bonds. The van der Waals surface area contributed by atoms with E-state index in [0.29, 0.717) is 30.3 Å². The Bertz CT molecular complexity index is 1210. The summed E-state index contributed by atoms with van der Waals surface area (Å²) in [7, 11) is 1.09. The molecule has 0 bridgehead atoms. The minimum atomic E-state index is -4.66. The summed E-state index contributed by atoms with van der Waals surface area (Å²) < 4.78 is 33.8. The Morgan fingerprint density at radius 1 is 0.576 bits per heavy atom. The zero-order chi connectivity index (χ0) is 43.7. The van der Waals surface area contributed by atoms with Crippen molar-refractivity contribution in [2.24, 2.45) is 0 Å². The van der Waals surface area contributed by atoms with Gasteiger partial charge in [-0.3, -0.25) is 18.9 Å². The summed E-state index contributed by atoms with van der Waals surface area (Å²) in [6.45, 7) is 4.01. The van der Waals surface area contributed by atoms with Crippen LogP contribution in [0, 0.1) is 0 Å². The van der Waals surface area contributed by atoms with Gasteiger partial charge in [-0.1, -0.05) is 146 Å². The molecule has 0 aromatic rings. The molecule has 59 heavy (non-hydrogen) atoms. The van der Waals surface area contributed by atoms with E-state index in [0.717, 1.165) is 64.2 Å². The van der Waals surface area contributed by atoms with E-state index in [1.807, 2.05) is 33.3 Å². The number of hydrogen-bond acceptors (Lipinski definition) is 9. The molecular formula is C48H86NO9P. The number of carbonyl (C=O) groups excluding carboxylic acids is 3. The third kappa shape index (κ3) is 43.5. The van der Waals surface area contributed by atoms with E-state index in [1.54, 1.807) is 6.08 Å². The lowest BCUT2D eigenvalue weighted by Crippen LogP contribution is -2.37. The van der Waals surface area contributed by atoms with Crippen LogP contribution in [-0.4, -0.2) is 75.8 Å². The first-order valence-corrected chi connectivity index (χ1v) is 24.8. The smallest absolute Gasteiger partial charge is 0.306 e. The topological polar surface area (TPSA) is 128 Å². The number of likely N-dealkylation sites (N-methyl/N-ethyl adjacent to an activating group) is 1. The molecule has 0 aliphatic heterocycles. The number of hydrogen-bond donors (Lipinski definition) is 0. The second-order valence-electron chi connectivity index (χ2n) is 16.8. The summed E-state index contributed by atoms with van der Waals surface area (Å²) in [5, 5.41) is 0. The van der Waals surface area contributed by atoms with Gasteiger partial charge in [0.15, 0.2) is 11.9 Å². The molecule has 0 N–H and O–H groups in total. The first-order valence-electron chi connectivity index (χ1n) is 23.3. The van der Waals surface area contributed by atoms with Crippen molar-refractivity contribution in [2.75, 3.05) is 47.5 Å². The Hall–Kier alpha value is -2.36. The van der Waals surface area contributed by atoms with Gasteiger partial charge in [0.1, 0.15) is 19.8 Å². The van der Waals surface area contributed by atoms with Crippen molar-refractivity contribution >= 4 is 25.5 Å². The number of phosphoric ester groups is 1. The average molecular weight is 852 g/mol. The molecule has 0 radical (unpaired) electrons. The van der Waals surface area contributed by atoms with Crippen molar-refractivity contribution in [3.05, 3.63) is 48.6 Å². The molecular weight excluding hydrogens is 765 g/mol. The highest BCUT2D eigenvalue weighted by atomic mass is 31.2. The molecule has 11 heteroatoms. The highest BCUT2D eigenvalue weighted by Gasteiger charge is 2.21. The SMILES string of the molecule is CCCCC/C=C\C=C\C(=O)CCCCCCCC(=O)OC[C@H](COP(=O)([O-])OCC[N+](C)(C)C)OC(=O)CCCCCCCCCCC/C=C\C/C=C\CCCCC. The van der Waals surface area contributed by atoms with Gasteiger partial charge < -0.3 is 27.9 Å². The van der Waals surface area contributed by atoms with Gasteiger partial charge in [-0.05, 0) is 70.3 Å². The second kappa shape index (κ2) is 39.8. The fourth-order valence-electron chi connectivity index (χ4n) is 6.08. The van der Waals surface area contributed by atoms with Crippen LogP contribution in [0.2, 0.25) is 0 Å². The lowest BCUT2D eigenvalue weighted by atomic mass is 10.1. The fourth-order valence-corrected chi connectivity index (χ4v) is 6.81. The highest BCUT2D eigenvalue weighted by Crippen LogP contribution is 2.38. The van der Waals surface area contributed by atoms with Crippen molar-refractivity contribution in [1.29, 1.82) is 0 Å². The molecule has 0 spiro atoms. The van der Waals surface area contributed by atoms with Gasteiger partial charge >= 0.3 is 11.9 Å². The molecule has 2 atom stereocenters. The van der Waals surface area contributed by atoms with Gasteiger partial charge in [-0.2, -0.15) is 0 Å². The van der Waals surface area contributed by atoms with Crippen LogP contribution in [-0.2, 0) is 37.5 Å². The van der Waals surface area contributed by atoms with Crippen molar-refractivity contribution in [1.82, 2.24) is 0 Å². The van der Waals surface area contributed by atoms with Gasteiger partial charge in [0.2, 0.25) is 0 Å². The molecule has 0 heterocycles. The monoisotopic (exact) mass is 852 g/mol. The number of phosphoric acid groups is 1. The first kappa shape index (κ1) is 56.6. The van der Waals surface area contributed by atoms with Gasteiger partial charge in [-0.15, -0.1) is 0 Å². The van der Waals surface area contributed by atoms with Gasteiger partial charge in [-0.25, -0.2) is 0 Å². The maximum absolute atomic E-state index is 12.7. The lowest BCUT2D eigenvalue weighted by molar-refractivity contribution is -0.870. The Balaban J connectivity index is 4.40. The van der Waals surface area contributed by atoms with Crippen molar-refractivity contribution in [2.45, 2.75) is 193 Å². The van der Waals surface area contributed by atoms with E-state index in [1.165, 1.54) is 77.0 Å². The number of rotatable bonds is 42. The molecule has 0 fully saturated rings. The summed E-state index contributed by atoms with van der Waals surface area (Å²) in [6.07, 6.45) is 42.4. The number of allylic oxidation sites excluding steroid dienone is 8. The quantitative estimate of drug-likeness (QED) is 0.0112. The fraction of sp³-hybridized carbons (Fsp3) is 0.771. The van der Waals surface area contributed by atoms with Crippen molar-refractivity contribution in [3.8, 4) is 0 Å². The number of esters is 2. The standard InChI is InChI=1S/C48H86NO9P/c1-6-8-10-12-14-15-16-17-18-19-20-21-22-23-24-25-27-31-36-40-48(52)58-46(44-57-59(53,54)56-42-41-49(3,4)5)43-55-47(51)39-35-32-28-30-34-38-45(50)37-33-29-26-13-11-9-7-2/h14-15,17-18,26,29,33,37,46H,6-13,16,19-25,27-28,30-32,34-36,38-44H2,1-5H3/b15-14-,18-17-,29-26-,37-33+/t46-/m1/s1. The Labute approximate surface area is 360 Å². The molecule has 1 unspecified atom stereocenters. The van der Waals surface area contributed by atoms with Crippen LogP contribution in [0.5, 0.6) is 0 Å². The zero-order valence-electron chi connectivity index (χ0n) is 38.2. The largest absolute Gasteiger partial charge is 0.756 e. The Morgan fingerprint density at radius 3 is 1.63 bits per heavy atom. The van der Waals surface area contributed by atoms with Gasteiger partial charge in [0.25, 0.3) is 7.82 Å². The normalized spacial score (nSPS) is 13.9. The first-order chi connectivity index (χ1) is 28.4. The number of ether oxygens (including phenoxy) is 2. The van der Waals surface area contributed by atoms with Crippen LogP contribution in [0.4, 0.5) is 0 Å². The van der Waals surface area contributed by atoms with E-state index >= 15 is 0 Å². The van der Waals surface area contributed by atoms with Gasteiger partial charge in [0, 0.05) is 19.3 Å². The third-order valence-electron chi connectivity index (χ3n) is 9.80. The second-order valence-corrected chi connectivity index (χ2v) is 18.2. The molecule has 0 aliphatic carbocycles. The van der Waals surface area contributed by atoms with Crippen LogP contribution in [0.25, 0.3) is 0 Å². The van der Waals surface area contributed by atoms with E-state index in [4.69, 9.17) is 18.5 Å². The summed E-state index contributed by atoms with van der Waals surface area (Å²) >= 11 is 0. The summed E-state index contributed by atoms with van der Waals surface area (Å²) in [4.78, 5) is 49.6. The number of nitrogens with zero attached hydrogens (tertiary/aromatic N) is 1. The number of carbonyl (C=O) groups is 3. The number of ketones is 1. The number of quaternary nitrogens is 1. The summed E-state index contributed by atoms with van der Waals surface area (Å²) in [6, 6.07) is 0. The Kier molecular flexibility index (Phi) is 38.2. The third-order valence-corrected chi connectivity index (χ3v) is 10.8. The molecule has 10 nitrogen and oxygen atoms in total. The minimum absolute atomic E-state index is 0.0525. The average Bonchev–Trinajstić information content (AvgIpc) is 3.18. The molecule has 0 aliphatic rings. The van der Waals surface area contributed by atoms with E-state index in [-0.39, 0.29) is 31.8 Å². The minimum Gasteiger partial charge on any atom is -0.756 e. The highest BCUT2D eigenvalue weighted by molar-refractivity contribution is 7.45.